The number of benzene rings is 1. The molecule has 0 spiro atoms. The molecule has 1 aromatic carbocycles. The Morgan fingerprint density at radius 2 is 2.25 bits per heavy atom. The predicted molar refractivity (Wildman–Crippen MR) is 45.7 cm³/mol. The number of hydrogen-bond acceptors (Lipinski definition) is 1. The van der Waals surface area contributed by atoms with Gasteiger partial charge in [-0.05, 0) is 29.8 Å². The van der Waals surface area contributed by atoms with Crippen molar-refractivity contribution in [3.63, 3.8) is 0 Å². The number of imidazole rings is 1. The van der Waals surface area contributed by atoms with Crippen molar-refractivity contribution in [2.45, 2.75) is 0 Å². The second-order valence-corrected chi connectivity index (χ2v) is 2.91. The highest BCUT2D eigenvalue weighted by atomic mass is 35.5. The summed E-state index contributed by atoms with van der Waals surface area (Å²) >= 11 is 5.73. The Morgan fingerprint density at radius 3 is 3.00 bits per heavy atom. The number of hydrogen-bond donors (Lipinski definition) is 0. The van der Waals surface area contributed by atoms with E-state index < -0.39 is 0 Å². The second kappa shape index (κ2) is 2.45. The van der Waals surface area contributed by atoms with Gasteiger partial charge in [0, 0.05) is 7.05 Å². The molecule has 12 heavy (non-hydrogen) atoms. The van der Waals surface area contributed by atoms with Gasteiger partial charge in [-0.15, -0.1) is 0 Å². The molecule has 0 N–H and O–H groups in total. The molecule has 2 nitrogen and oxygen atoms in total. The molecule has 0 atom stereocenters. The standard InChI is InChI=1S/C8H6ClFN2/c1-12-7-4-5(10)2-3-6(7)11-8(12)9/h2-4H,1H3. The van der Waals surface area contributed by atoms with Gasteiger partial charge in [0.2, 0.25) is 5.28 Å². The van der Waals surface area contributed by atoms with E-state index in [9.17, 15) is 4.39 Å². The molecular weight excluding hydrogens is 179 g/mol. The molecule has 2 aromatic rings. The van der Waals surface area contributed by atoms with Crippen LogP contribution in [0.4, 0.5) is 4.39 Å². The van der Waals surface area contributed by atoms with Crippen LogP contribution in [0.1, 0.15) is 0 Å². The number of nitrogens with zero attached hydrogens (tertiary/aromatic N) is 2. The van der Waals surface area contributed by atoms with Gasteiger partial charge in [0.15, 0.2) is 0 Å². The summed E-state index contributed by atoms with van der Waals surface area (Å²) in [5.74, 6) is -0.276. The topological polar surface area (TPSA) is 17.8 Å². The number of rotatable bonds is 0. The fourth-order valence-electron chi connectivity index (χ4n) is 1.13. The van der Waals surface area contributed by atoms with Crippen LogP contribution in [-0.2, 0) is 7.05 Å². The molecule has 0 fully saturated rings. The summed E-state index contributed by atoms with van der Waals surface area (Å²) in [5, 5.41) is 0.371. The number of fused-ring (bicyclic) bond motifs is 1. The second-order valence-electron chi connectivity index (χ2n) is 2.57. The molecule has 0 radical (unpaired) electrons. The first-order valence-corrected chi connectivity index (χ1v) is 3.84. The van der Waals surface area contributed by atoms with E-state index in [1.807, 2.05) is 0 Å². The summed E-state index contributed by atoms with van der Waals surface area (Å²) in [6.45, 7) is 0. The van der Waals surface area contributed by atoms with Gasteiger partial charge in [0.25, 0.3) is 0 Å². The minimum absolute atomic E-state index is 0.276. The van der Waals surface area contributed by atoms with E-state index in [1.54, 1.807) is 17.7 Å². The minimum atomic E-state index is -0.276. The third-order valence-electron chi connectivity index (χ3n) is 1.79. The third-order valence-corrected chi connectivity index (χ3v) is 2.13. The SMILES string of the molecule is Cn1c(Cl)nc2ccc(F)cc21. The quantitative estimate of drug-likeness (QED) is 0.615. The third kappa shape index (κ3) is 0.975. The van der Waals surface area contributed by atoms with E-state index in [4.69, 9.17) is 11.6 Å². The summed E-state index contributed by atoms with van der Waals surface area (Å²) < 4.78 is 14.4. The van der Waals surface area contributed by atoms with Crippen molar-refractivity contribution in [2.75, 3.05) is 0 Å². The van der Waals surface area contributed by atoms with E-state index in [2.05, 4.69) is 4.98 Å². The average Bonchev–Trinajstić information content (AvgIpc) is 2.31. The highest BCUT2D eigenvalue weighted by molar-refractivity contribution is 6.29. The van der Waals surface area contributed by atoms with Crippen molar-refractivity contribution in [2.24, 2.45) is 7.05 Å². The monoisotopic (exact) mass is 184 g/mol. The van der Waals surface area contributed by atoms with Crippen molar-refractivity contribution < 1.29 is 4.39 Å². The largest absolute Gasteiger partial charge is 0.318 e. The molecule has 0 bridgehead atoms. The maximum atomic E-state index is 12.7. The summed E-state index contributed by atoms with van der Waals surface area (Å²) in [6, 6.07) is 4.39. The van der Waals surface area contributed by atoms with Gasteiger partial charge in [0.1, 0.15) is 5.82 Å². The van der Waals surface area contributed by atoms with Crippen molar-refractivity contribution in [3.05, 3.63) is 29.3 Å². The number of halogens is 2. The molecule has 2 rings (SSSR count). The molecule has 0 saturated heterocycles. The van der Waals surface area contributed by atoms with E-state index in [1.165, 1.54) is 12.1 Å². The summed E-state index contributed by atoms with van der Waals surface area (Å²) in [4.78, 5) is 4.02. The first-order chi connectivity index (χ1) is 5.68. The Kier molecular flexibility index (Phi) is 1.54. The minimum Gasteiger partial charge on any atom is -0.318 e. The first-order valence-electron chi connectivity index (χ1n) is 3.46. The van der Waals surface area contributed by atoms with Crippen LogP contribution in [0.15, 0.2) is 18.2 Å². The Balaban J connectivity index is 2.88. The van der Waals surface area contributed by atoms with Crippen LogP contribution >= 0.6 is 11.6 Å². The lowest BCUT2D eigenvalue weighted by Crippen LogP contribution is -1.86. The lowest BCUT2D eigenvalue weighted by Gasteiger charge is -1.93. The van der Waals surface area contributed by atoms with E-state index in [0.717, 1.165) is 0 Å². The smallest absolute Gasteiger partial charge is 0.203 e. The lowest BCUT2D eigenvalue weighted by atomic mass is 10.3. The van der Waals surface area contributed by atoms with Crippen LogP contribution in [0.5, 0.6) is 0 Å². The van der Waals surface area contributed by atoms with E-state index in [-0.39, 0.29) is 5.82 Å². The molecule has 0 aliphatic carbocycles. The van der Waals surface area contributed by atoms with Crippen LogP contribution in [0.3, 0.4) is 0 Å². The van der Waals surface area contributed by atoms with Gasteiger partial charge < -0.3 is 4.57 Å². The van der Waals surface area contributed by atoms with Crippen molar-refractivity contribution in [1.29, 1.82) is 0 Å². The average molecular weight is 185 g/mol. The van der Waals surface area contributed by atoms with Gasteiger partial charge in [0.05, 0.1) is 11.0 Å². The van der Waals surface area contributed by atoms with Crippen LogP contribution in [-0.4, -0.2) is 9.55 Å². The maximum Gasteiger partial charge on any atom is 0.203 e. The first kappa shape index (κ1) is 7.55. The summed E-state index contributed by atoms with van der Waals surface area (Å²) in [7, 11) is 1.75. The fourth-order valence-corrected chi connectivity index (χ4v) is 1.32. The summed E-state index contributed by atoms with van der Waals surface area (Å²) in [5.41, 5.74) is 1.42. The predicted octanol–water partition coefficient (Wildman–Crippen LogP) is 2.37. The molecule has 0 unspecified atom stereocenters. The van der Waals surface area contributed by atoms with Gasteiger partial charge >= 0.3 is 0 Å². The van der Waals surface area contributed by atoms with Gasteiger partial charge in [-0.25, -0.2) is 9.37 Å². The molecule has 0 amide bonds. The Hall–Kier alpha value is -1.09. The zero-order valence-corrected chi connectivity index (χ0v) is 7.14. The van der Waals surface area contributed by atoms with E-state index >= 15 is 0 Å². The zero-order chi connectivity index (χ0) is 8.72. The molecule has 1 heterocycles. The Bertz CT molecular complexity index is 436. The van der Waals surface area contributed by atoms with Crippen LogP contribution < -0.4 is 0 Å². The Labute approximate surface area is 73.6 Å². The van der Waals surface area contributed by atoms with Crippen LogP contribution in [0.2, 0.25) is 5.28 Å². The lowest BCUT2D eigenvalue weighted by molar-refractivity contribution is 0.629. The fraction of sp³-hybridized carbons (Fsp3) is 0.125. The molecular formula is C8H6ClFN2. The summed E-state index contributed by atoms with van der Waals surface area (Å²) in [6.07, 6.45) is 0. The van der Waals surface area contributed by atoms with Crippen LogP contribution in [0.25, 0.3) is 11.0 Å². The van der Waals surface area contributed by atoms with Crippen LogP contribution in [0, 0.1) is 5.82 Å². The molecule has 1 aromatic heterocycles. The maximum absolute atomic E-state index is 12.7. The molecule has 0 saturated carbocycles. The normalized spacial score (nSPS) is 10.9. The van der Waals surface area contributed by atoms with Gasteiger partial charge in [-0.2, -0.15) is 0 Å². The highest BCUT2D eigenvalue weighted by Gasteiger charge is 2.05. The number of aryl methyl sites for hydroxylation is 1. The zero-order valence-electron chi connectivity index (χ0n) is 6.38. The van der Waals surface area contributed by atoms with Crippen molar-refractivity contribution in [3.8, 4) is 0 Å². The Morgan fingerprint density at radius 1 is 1.50 bits per heavy atom. The van der Waals surface area contributed by atoms with Crippen molar-refractivity contribution >= 4 is 22.6 Å². The number of aromatic nitrogens is 2. The van der Waals surface area contributed by atoms with Gasteiger partial charge in [-0.1, -0.05) is 0 Å². The van der Waals surface area contributed by atoms with Crippen molar-refractivity contribution in [1.82, 2.24) is 9.55 Å². The van der Waals surface area contributed by atoms with Gasteiger partial charge in [-0.3, -0.25) is 0 Å². The molecule has 4 heteroatoms. The molecule has 0 aliphatic rings. The molecule has 62 valence electrons. The molecule has 0 aliphatic heterocycles. The highest BCUT2D eigenvalue weighted by Crippen LogP contribution is 2.18. The van der Waals surface area contributed by atoms with E-state index in [0.29, 0.717) is 16.3 Å².